The molecule has 0 saturated carbocycles. The van der Waals surface area contributed by atoms with Gasteiger partial charge < -0.3 is 11.1 Å². The molecule has 1 atom stereocenters. The van der Waals surface area contributed by atoms with Crippen LogP contribution in [-0.4, -0.2) is 24.2 Å². The summed E-state index contributed by atoms with van der Waals surface area (Å²) >= 11 is 1.16. The molecular formula is C14H20F2N2OS. The van der Waals surface area contributed by atoms with Gasteiger partial charge >= 0.3 is 0 Å². The van der Waals surface area contributed by atoms with E-state index >= 15 is 0 Å². The largest absolute Gasteiger partial charge is 0.351 e. The second-order valence-electron chi connectivity index (χ2n) is 4.99. The molecule has 3 N–H and O–H groups in total. The number of rotatable bonds is 7. The lowest BCUT2D eigenvalue weighted by atomic mass is 10.0. The molecule has 1 unspecified atom stereocenters. The number of thioether (sulfide) groups is 1. The summed E-state index contributed by atoms with van der Waals surface area (Å²) in [5.41, 5.74) is 5.60. The van der Waals surface area contributed by atoms with Crippen LogP contribution in [0.5, 0.6) is 0 Å². The van der Waals surface area contributed by atoms with Crippen molar-refractivity contribution in [2.45, 2.75) is 31.2 Å². The molecule has 0 spiro atoms. The predicted octanol–water partition coefficient (Wildman–Crippen LogP) is 2.55. The van der Waals surface area contributed by atoms with Gasteiger partial charge in [-0.15, -0.1) is 11.8 Å². The average molecular weight is 302 g/mol. The SMILES string of the molecule is CC(C)CC(CN)NC(=O)CSc1ccc(F)c(F)c1. The van der Waals surface area contributed by atoms with E-state index in [1.807, 2.05) is 0 Å². The molecule has 20 heavy (non-hydrogen) atoms. The minimum absolute atomic E-state index is 0.0481. The molecule has 112 valence electrons. The highest BCUT2D eigenvalue weighted by molar-refractivity contribution is 8.00. The van der Waals surface area contributed by atoms with Gasteiger partial charge in [-0.1, -0.05) is 13.8 Å². The minimum atomic E-state index is -0.907. The first-order valence-corrected chi connectivity index (χ1v) is 7.48. The standard InChI is InChI=1S/C14H20F2N2OS/c1-9(2)5-10(7-17)18-14(19)8-20-11-3-4-12(15)13(16)6-11/h3-4,6,9-10H,5,7-8,17H2,1-2H3,(H,18,19). The van der Waals surface area contributed by atoms with Crippen molar-refractivity contribution in [3.8, 4) is 0 Å². The first-order valence-electron chi connectivity index (χ1n) is 6.49. The molecule has 0 heterocycles. The number of halogens is 2. The molecule has 0 fully saturated rings. The Morgan fingerprint density at radius 2 is 2.05 bits per heavy atom. The van der Waals surface area contributed by atoms with E-state index in [0.29, 0.717) is 17.4 Å². The van der Waals surface area contributed by atoms with Crippen LogP contribution in [0.1, 0.15) is 20.3 Å². The number of hydrogen-bond donors (Lipinski definition) is 2. The topological polar surface area (TPSA) is 55.1 Å². The molecule has 0 aromatic heterocycles. The highest BCUT2D eigenvalue weighted by Gasteiger charge is 2.13. The van der Waals surface area contributed by atoms with E-state index in [9.17, 15) is 13.6 Å². The summed E-state index contributed by atoms with van der Waals surface area (Å²) in [6, 6.07) is 3.54. The number of nitrogens with two attached hydrogens (primary N) is 1. The molecule has 0 saturated heterocycles. The van der Waals surface area contributed by atoms with Crippen LogP contribution in [0.3, 0.4) is 0 Å². The van der Waals surface area contributed by atoms with Crippen LogP contribution in [0.25, 0.3) is 0 Å². The van der Waals surface area contributed by atoms with Gasteiger partial charge in [-0.25, -0.2) is 8.78 Å². The second-order valence-corrected chi connectivity index (χ2v) is 6.04. The second kappa shape index (κ2) is 8.21. The number of amides is 1. The molecule has 0 bridgehead atoms. The van der Waals surface area contributed by atoms with Crippen LogP contribution >= 0.6 is 11.8 Å². The lowest BCUT2D eigenvalue weighted by Crippen LogP contribution is -2.41. The Bertz CT molecular complexity index is 455. The van der Waals surface area contributed by atoms with Gasteiger partial charge in [-0.05, 0) is 30.5 Å². The van der Waals surface area contributed by atoms with Gasteiger partial charge in [0.05, 0.1) is 5.75 Å². The van der Waals surface area contributed by atoms with Crippen molar-refractivity contribution < 1.29 is 13.6 Å². The number of benzene rings is 1. The van der Waals surface area contributed by atoms with E-state index in [0.717, 1.165) is 30.3 Å². The number of nitrogens with one attached hydrogen (secondary N) is 1. The maximum absolute atomic E-state index is 13.0. The fourth-order valence-electron chi connectivity index (χ4n) is 1.77. The van der Waals surface area contributed by atoms with Crippen molar-refractivity contribution in [3.05, 3.63) is 29.8 Å². The van der Waals surface area contributed by atoms with Crippen molar-refractivity contribution in [3.63, 3.8) is 0 Å². The molecular weight excluding hydrogens is 282 g/mol. The van der Waals surface area contributed by atoms with Gasteiger partial charge in [-0.3, -0.25) is 4.79 Å². The smallest absolute Gasteiger partial charge is 0.230 e. The van der Waals surface area contributed by atoms with Crippen molar-refractivity contribution in [2.24, 2.45) is 11.7 Å². The maximum Gasteiger partial charge on any atom is 0.230 e. The van der Waals surface area contributed by atoms with Gasteiger partial charge in [0.1, 0.15) is 0 Å². The fourth-order valence-corrected chi connectivity index (χ4v) is 2.50. The summed E-state index contributed by atoms with van der Waals surface area (Å²) in [4.78, 5) is 12.3. The van der Waals surface area contributed by atoms with Crippen molar-refractivity contribution in [1.29, 1.82) is 0 Å². The highest BCUT2D eigenvalue weighted by Crippen LogP contribution is 2.20. The van der Waals surface area contributed by atoms with Crippen LogP contribution in [0.15, 0.2) is 23.1 Å². The minimum Gasteiger partial charge on any atom is -0.351 e. The molecule has 1 aromatic carbocycles. The Balaban J connectivity index is 2.44. The van der Waals surface area contributed by atoms with Crippen LogP contribution in [-0.2, 0) is 4.79 Å². The van der Waals surface area contributed by atoms with E-state index in [2.05, 4.69) is 19.2 Å². The van der Waals surface area contributed by atoms with Crippen molar-refractivity contribution >= 4 is 17.7 Å². The van der Waals surface area contributed by atoms with E-state index in [1.165, 1.54) is 6.07 Å². The normalized spacial score (nSPS) is 12.5. The van der Waals surface area contributed by atoms with E-state index in [1.54, 1.807) is 0 Å². The van der Waals surface area contributed by atoms with Crippen LogP contribution in [0, 0.1) is 17.6 Å². The van der Waals surface area contributed by atoms with E-state index in [4.69, 9.17) is 5.73 Å². The van der Waals surface area contributed by atoms with Crippen LogP contribution in [0.2, 0.25) is 0 Å². The van der Waals surface area contributed by atoms with Gasteiger partial charge in [0.25, 0.3) is 0 Å². The van der Waals surface area contributed by atoms with Crippen LogP contribution < -0.4 is 11.1 Å². The quantitative estimate of drug-likeness (QED) is 0.761. The first-order chi connectivity index (χ1) is 9.42. The fraction of sp³-hybridized carbons (Fsp3) is 0.500. The number of carbonyl (C=O) groups excluding carboxylic acids is 1. The third-order valence-electron chi connectivity index (χ3n) is 2.67. The van der Waals surface area contributed by atoms with Crippen molar-refractivity contribution in [1.82, 2.24) is 5.32 Å². The number of carbonyl (C=O) groups is 1. The van der Waals surface area contributed by atoms with Gasteiger partial charge in [0.2, 0.25) is 5.91 Å². The Morgan fingerprint density at radius 3 is 2.60 bits per heavy atom. The van der Waals surface area contributed by atoms with Gasteiger partial charge in [0.15, 0.2) is 11.6 Å². The lowest BCUT2D eigenvalue weighted by Gasteiger charge is -2.18. The molecule has 6 heteroatoms. The molecule has 0 aliphatic rings. The van der Waals surface area contributed by atoms with Gasteiger partial charge in [-0.2, -0.15) is 0 Å². The molecule has 0 aliphatic heterocycles. The van der Waals surface area contributed by atoms with E-state index in [-0.39, 0.29) is 17.7 Å². The molecule has 1 aromatic rings. The summed E-state index contributed by atoms with van der Waals surface area (Å²) in [7, 11) is 0. The zero-order valence-electron chi connectivity index (χ0n) is 11.7. The Labute approximate surface area is 122 Å². The summed E-state index contributed by atoms with van der Waals surface area (Å²) in [6.45, 7) is 4.51. The summed E-state index contributed by atoms with van der Waals surface area (Å²) in [5.74, 6) is -1.35. The number of hydrogen-bond acceptors (Lipinski definition) is 3. The molecule has 1 amide bonds. The summed E-state index contributed by atoms with van der Waals surface area (Å²) in [6.07, 6.45) is 0.818. The van der Waals surface area contributed by atoms with E-state index < -0.39 is 11.6 Å². The van der Waals surface area contributed by atoms with Gasteiger partial charge in [0, 0.05) is 17.5 Å². The molecule has 0 aliphatic carbocycles. The first kappa shape index (κ1) is 16.9. The predicted molar refractivity (Wildman–Crippen MR) is 77.5 cm³/mol. The van der Waals surface area contributed by atoms with Crippen LogP contribution in [0.4, 0.5) is 8.78 Å². The molecule has 1 rings (SSSR count). The Kier molecular flexibility index (Phi) is 6.95. The highest BCUT2D eigenvalue weighted by atomic mass is 32.2. The van der Waals surface area contributed by atoms with Crippen molar-refractivity contribution in [2.75, 3.05) is 12.3 Å². The maximum atomic E-state index is 13.0. The molecule has 3 nitrogen and oxygen atoms in total. The summed E-state index contributed by atoms with van der Waals surface area (Å²) < 4.78 is 25.8. The third kappa shape index (κ3) is 5.88. The average Bonchev–Trinajstić information content (AvgIpc) is 2.39. The Hall–Kier alpha value is -1.14. The zero-order chi connectivity index (χ0) is 15.1. The lowest BCUT2D eigenvalue weighted by molar-refractivity contribution is -0.119. The zero-order valence-corrected chi connectivity index (χ0v) is 12.5. The third-order valence-corrected chi connectivity index (χ3v) is 3.66. The Morgan fingerprint density at radius 1 is 1.35 bits per heavy atom. The molecule has 0 radical (unpaired) electrons. The monoisotopic (exact) mass is 302 g/mol. The summed E-state index contributed by atoms with van der Waals surface area (Å²) in [5, 5.41) is 2.84.